The monoisotopic (exact) mass is 193 g/mol. The Labute approximate surface area is 75.7 Å². The van der Waals surface area contributed by atoms with Crippen LogP contribution in [0, 0.1) is 0 Å². The molecule has 2 atom stereocenters. The van der Waals surface area contributed by atoms with Crippen LogP contribution in [0.5, 0.6) is 0 Å². The summed E-state index contributed by atoms with van der Waals surface area (Å²) in [6.45, 7) is 2.25. The maximum absolute atomic E-state index is 11.1. The van der Waals surface area contributed by atoms with Gasteiger partial charge in [-0.1, -0.05) is 0 Å². The predicted molar refractivity (Wildman–Crippen MR) is 48.8 cm³/mol. The second kappa shape index (κ2) is 4.23. The molecule has 11 heavy (non-hydrogen) atoms. The third-order valence-corrected chi connectivity index (χ3v) is 2.91. The van der Waals surface area contributed by atoms with Crippen molar-refractivity contribution in [2.75, 3.05) is 12.4 Å². The molecule has 5 heteroatoms. The van der Waals surface area contributed by atoms with Crippen molar-refractivity contribution in [2.24, 2.45) is 0 Å². The Morgan fingerprint density at radius 1 is 1.91 bits per heavy atom. The van der Waals surface area contributed by atoms with Crippen LogP contribution >= 0.6 is 24.4 Å². The van der Waals surface area contributed by atoms with Crippen LogP contribution < -0.4 is 5.32 Å². The number of esters is 1. The number of hydrogen-bond donors (Lipinski definition) is 2. The lowest BCUT2D eigenvalue weighted by atomic mass is 10.3. The van der Waals surface area contributed by atoms with Gasteiger partial charge in [0.2, 0.25) is 0 Å². The van der Waals surface area contributed by atoms with E-state index < -0.39 is 0 Å². The first kappa shape index (κ1) is 9.22. The molecule has 0 aromatic carbocycles. The van der Waals surface area contributed by atoms with Crippen LogP contribution in [0.2, 0.25) is 0 Å². The summed E-state index contributed by atoms with van der Waals surface area (Å²) in [5, 5.41) is 2.99. The normalized spacial score (nSPS) is 30.4. The van der Waals surface area contributed by atoms with Crippen molar-refractivity contribution in [1.29, 1.82) is 0 Å². The molecule has 3 nitrogen and oxygen atoms in total. The summed E-state index contributed by atoms with van der Waals surface area (Å²) in [6, 6.07) is -0.164. The molecule has 64 valence electrons. The molecular formula is C6H11NO2S2. The number of thiol groups is 1. The highest BCUT2D eigenvalue weighted by atomic mass is 32.2. The molecule has 0 aromatic rings. The van der Waals surface area contributed by atoms with Crippen LogP contribution in [0.4, 0.5) is 0 Å². The Morgan fingerprint density at radius 3 is 3.09 bits per heavy atom. The van der Waals surface area contributed by atoms with Crippen molar-refractivity contribution in [3.05, 3.63) is 0 Å². The Morgan fingerprint density at radius 2 is 2.64 bits per heavy atom. The zero-order valence-corrected chi connectivity index (χ0v) is 7.95. The van der Waals surface area contributed by atoms with Gasteiger partial charge in [0, 0.05) is 5.75 Å². The van der Waals surface area contributed by atoms with Crippen molar-refractivity contribution in [2.45, 2.75) is 17.7 Å². The number of nitrogens with one attached hydrogen (secondary N) is 1. The van der Waals surface area contributed by atoms with E-state index >= 15 is 0 Å². The second-order valence-electron chi connectivity index (χ2n) is 2.16. The molecule has 0 saturated carbocycles. The molecule has 1 aliphatic heterocycles. The van der Waals surface area contributed by atoms with Crippen LogP contribution in [0.1, 0.15) is 6.92 Å². The molecule has 1 heterocycles. The first-order valence-electron chi connectivity index (χ1n) is 3.46. The van der Waals surface area contributed by atoms with E-state index in [9.17, 15) is 4.79 Å². The smallest absolute Gasteiger partial charge is 0.324 e. The van der Waals surface area contributed by atoms with Crippen LogP contribution in [0.25, 0.3) is 0 Å². The van der Waals surface area contributed by atoms with Crippen molar-refractivity contribution in [3.8, 4) is 0 Å². The van der Waals surface area contributed by atoms with Gasteiger partial charge in [-0.2, -0.15) is 0 Å². The van der Waals surface area contributed by atoms with Gasteiger partial charge >= 0.3 is 5.97 Å². The van der Waals surface area contributed by atoms with E-state index in [-0.39, 0.29) is 16.7 Å². The zero-order chi connectivity index (χ0) is 8.27. The molecule has 1 aliphatic rings. The predicted octanol–water partition coefficient (Wildman–Crippen LogP) is 0.468. The maximum Gasteiger partial charge on any atom is 0.324 e. The van der Waals surface area contributed by atoms with Gasteiger partial charge in [0.1, 0.15) is 6.04 Å². The van der Waals surface area contributed by atoms with E-state index in [2.05, 4.69) is 17.9 Å². The Hall–Kier alpha value is 0.130. The molecule has 0 spiro atoms. The first-order chi connectivity index (χ1) is 5.24. The van der Waals surface area contributed by atoms with E-state index in [1.807, 2.05) is 0 Å². The largest absolute Gasteiger partial charge is 0.465 e. The minimum absolute atomic E-state index is 0.0735. The summed E-state index contributed by atoms with van der Waals surface area (Å²) >= 11 is 5.77. The number of carbonyl (C=O) groups is 1. The van der Waals surface area contributed by atoms with Crippen LogP contribution in [0.3, 0.4) is 0 Å². The fourth-order valence-electron chi connectivity index (χ4n) is 0.835. The lowest BCUT2D eigenvalue weighted by Gasteiger charge is -2.08. The molecule has 0 bridgehead atoms. The van der Waals surface area contributed by atoms with E-state index in [1.165, 1.54) is 0 Å². The standard InChI is InChI=1S/C6H11NO2S2/c1-2-9-5(8)4-3-11-6(10)7-4/h4,6-7,10H,2-3H2,1H3/t4?,6-/m1/s1. The van der Waals surface area contributed by atoms with Gasteiger partial charge < -0.3 is 4.74 Å². The topological polar surface area (TPSA) is 38.3 Å². The highest BCUT2D eigenvalue weighted by molar-refractivity contribution is 8.10. The summed E-state index contributed by atoms with van der Waals surface area (Å²) in [5.74, 6) is 0.587. The highest BCUT2D eigenvalue weighted by Crippen LogP contribution is 2.21. The number of ether oxygens (including phenoxy) is 1. The molecule has 0 aliphatic carbocycles. The minimum Gasteiger partial charge on any atom is -0.465 e. The number of rotatable bonds is 2. The number of carbonyl (C=O) groups excluding carboxylic acids is 1. The van der Waals surface area contributed by atoms with Crippen LogP contribution in [-0.4, -0.2) is 29.1 Å². The average molecular weight is 193 g/mol. The van der Waals surface area contributed by atoms with E-state index in [0.717, 1.165) is 5.75 Å². The maximum atomic E-state index is 11.1. The summed E-state index contributed by atoms with van der Waals surface area (Å²) in [7, 11) is 0. The number of hydrogen-bond acceptors (Lipinski definition) is 5. The van der Waals surface area contributed by atoms with Gasteiger partial charge in [0.25, 0.3) is 0 Å². The fourth-order valence-corrected chi connectivity index (χ4v) is 2.14. The molecule has 1 saturated heterocycles. The molecule has 0 radical (unpaired) electrons. The number of thioether (sulfide) groups is 1. The summed E-state index contributed by atoms with van der Waals surface area (Å²) in [6.07, 6.45) is 0. The molecule has 0 amide bonds. The zero-order valence-electron chi connectivity index (χ0n) is 6.24. The van der Waals surface area contributed by atoms with Gasteiger partial charge in [-0.3, -0.25) is 10.1 Å². The Kier molecular flexibility index (Phi) is 3.54. The summed E-state index contributed by atoms with van der Waals surface area (Å²) in [5.41, 5.74) is 0. The van der Waals surface area contributed by atoms with Crippen molar-refractivity contribution in [3.63, 3.8) is 0 Å². The van der Waals surface area contributed by atoms with E-state index in [0.29, 0.717) is 6.61 Å². The van der Waals surface area contributed by atoms with Gasteiger partial charge in [-0.15, -0.1) is 24.4 Å². The molecule has 1 rings (SSSR count). The lowest BCUT2D eigenvalue weighted by Crippen LogP contribution is -2.36. The van der Waals surface area contributed by atoms with Crippen molar-refractivity contribution < 1.29 is 9.53 Å². The van der Waals surface area contributed by atoms with Gasteiger partial charge in [-0.25, -0.2) is 0 Å². The molecule has 1 N–H and O–H groups in total. The first-order valence-corrected chi connectivity index (χ1v) is 5.03. The second-order valence-corrected chi connectivity index (χ2v) is 4.16. The quantitative estimate of drug-likeness (QED) is 0.494. The third-order valence-electron chi connectivity index (χ3n) is 1.34. The van der Waals surface area contributed by atoms with Crippen LogP contribution in [0.15, 0.2) is 0 Å². The third kappa shape index (κ3) is 2.57. The minimum atomic E-state index is -0.170. The molecule has 1 unspecified atom stereocenters. The Bertz CT molecular complexity index is 154. The summed E-state index contributed by atoms with van der Waals surface area (Å²) < 4.78 is 4.90. The SMILES string of the molecule is CCOC(=O)C1CS[C@@H](S)N1. The Balaban J connectivity index is 2.31. The van der Waals surface area contributed by atoms with Crippen molar-refractivity contribution in [1.82, 2.24) is 5.32 Å². The average Bonchev–Trinajstić information content (AvgIpc) is 2.36. The molecule has 1 fully saturated rings. The van der Waals surface area contributed by atoms with Gasteiger partial charge in [0.15, 0.2) is 0 Å². The molecular weight excluding hydrogens is 182 g/mol. The fraction of sp³-hybridized carbons (Fsp3) is 0.833. The van der Waals surface area contributed by atoms with E-state index in [4.69, 9.17) is 4.74 Å². The van der Waals surface area contributed by atoms with Gasteiger partial charge in [0.05, 0.1) is 11.3 Å². The van der Waals surface area contributed by atoms with Gasteiger partial charge in [-0.05, 0) is 6.92 Å². The van der Waals surface area contributed by atoms with E-state index in [1.54, 1.807) is 18.7 Å². The summed E-state index contributed by atoms with van der Waals surface area (Å²) in [4.78, 5) is 11.1. The molecule has 0 aromatic heterocycles. The lowest BCUT2D eigenvalue weighted by molar-refractivity contribution is -0.144. The highest BCUT2D eigenvalue weighted by Gasteiger charge is 2.28. The van der Waals surface area contributed by atoms with Crippen molar-refractivity contribution >= 4 is 30.4 Å². The van der Waals surface area contributed by atoms with Crippen LogP contribution in [-0.2, 0) is 9.53 Å².